The molecule has 1 saturated heterocycles. The van der Waals surface area contributed by atoms with Crippen LogP contribution in [-0.2, 0) is 22.0 Å². The Labute approximate surface area is 167 Å². The molecule has 1 aromatic carbocycles. The van der Waals surface area contributed by atoms with E-state index in [-0.39, 0.29) is 12.1 Å². The van der Waals surface area contributed by atoms with Gasteiger partial charge in [-0.15, -0.1) is 5.10 Å². The van der Waals surface area contributed by atoms with Crippen molar-refractivity contribution in [1.82, 2.24) is 14.9 Å². The van der Waals surface area contributed by atoms with Gasteiger partial charge in [-0.3, -0.25) is 0 Å². The lowest BCUT2D eigenvalue weighted by Gasteiger charge is -2.17. The fourth-order valence-electron chi connectivity index (χ4n) is 3.05. The van der Waals surface area contributed by atoms with Crippen LogP contribution in [0.4, 0.5) is 24.7 Å². The van der Waals surface area contributed by atoms with Crippen LogP contribution in [0.5, 0.6) is 0 Å². The summed E-state index contributed by atoms with van der Waals surface area (Å²) in [4.78, 5) is 2.21. The molecule has 0 aliphatic carbocycles. The number of benzene rings is 1. The second-order valence-corrected chi connectivity index (χ2v) is 8.57. The molecule has 1 aromatic heterocycles. The van der Waals surface area contributed by atoms with E-state index in [2.05, 4.69) is 25.1 Å². The van der Waals surface area contributed by atoms with Gasteiger partial charge in [0.05, 0.1) is 23.2 Å². The third-order valence-electron chi connectivity index (χ3n) is 4.50. The summed E-state index contributed by atoms with van der Waals surface area (Å²) in [5.41, 5.74) is 0.443. The summed E-state index contributed by atoms with van der Waals surface area (Å²) in [6.45, 7) is 2.37. The molecule has 2 N–H and O–H groups in total. The highest BCUT2D eigenvalue weighted by molar-refractivity contribution is 7.88. The molecule has 7 nitrogen and oxygen atoms in total. The number of halogens is 3. The van der Waals surface area contributed by atoms with Gasteiger partial charge in [-0.2, -0.15) is 18.3 Å². The fourth-order valence-corrected chi connectivity index (χ4v) is 4.20. The molecular formula is C18H22F3N5O2S. The Hall–Kier alpha value is -2.40. The Kier molecular flexibility index (Phi) is 6.58. The van der Waals surface area contributed by atoms with Crippen molar-refractivity contribution >= 4 is 21.5 Å². The molecule has 2 heterocycles. The standard InChI is InChI=1S/C18H22F3N5O2S/c19-18(20,21)15-5-3-14(4-6-15)13-29(27,28)24-8-7-22-17-11-16(12-23-25-17)26-9-1-2-10-26/h3-6,11-12,24H,1-2,7-10,13H2,(H,22,25). The molecule has 0 atom stereocenters. The fraction of sp³-hybridized carbons (Fsp3) is 0.444. The van der Waals surface area contributed by atoms with Gasteiger partial charge in [0.1, 0.15) is 0 Å². The van der Waals surface area contributed by atoms with Crippen molar-refractivity contribution in [2.24, 2.45) is 0 Å². The van der Waals surface area contributed by atoms with Gasteiger partial charge in [0, 0.05) is 32.2 Å². The Morgan fingerprint density at radius 1 is 1.07 bits per heavy atom. The van der Waals surface area contributed by atoms with Gasteiger partial charge in [0.25, 0.3) is 0 Å². The van der Waals surface area contributed by atoms with Gasteiger partial charge in [0.2, 0.25) is 10.0 Å². The minimum atomic E-state index is -4.45. The minimum absolute atomic E-state index is 0.110. The molecule has 0 bridgehead atoms. The third kappa shape index (κ3) is 6.29. The van der Waals surface area contributed by atoms with E-state index in [1.54, 1.807) is 6.20 Å². The average Bonchev–Trinajstić information content (AvgIpc) is 3.20. The highest BCUT2D eigenvalue weighted by Crippen LogP contribution is 2.29. The summed E-state index contributed by atoms with van der Waals surface area (Å²) < 4.78 is 64.4. The molecule has 0 amide bonds. The van der Waals surface area contributed by atoms with Crippen LogP contribution in [0.3, 0.4) is 0 Å². The highest BCUT2D eigenvalue weighted by atomic mass is 32.2. The third-order valence-corrected chi connectivity index (χ3v) is 5.86. The van der Waals surface area contributed by atoms with Gasteiger partial charge < -0.3 is 10.2 Å². The first kappa shape index (κ1) is 21.3. The lowest BCUT2D eigenvalue weighted by Crippen LogP contribution is -2.30. The Balaban J connectivity index is 1.46. The Morgan fingerprint density at radius 2 is 1.76 bits per heavy atom. The van der Waals surface area contributed by atoms with Crippen LogP contribution >= 0.6 is 0 Å². The number of nitrogens with zero attached hydrogens (tertiary/aromatic N) is 3. The van der Waals surface area contributed by atoms with E-state index in [0.717, 1.165) is 43.8 Å². The smallest absolute Gasteiger partial charge is 0.370 e. The number of alkyl halides is 3. The number of hydrogen-bond donors (Lipinski definition) is 2. The largest absolute Gasteiger partial charge is 0.416 e. The lowest BCUT2D eigenvalue weighted by atomic mass is 10.1. The van der Waals surface area contributed by atoms with E-state index >= 15 is 0 Å². The normalized spacial score (nSPS) is 14.9. The van der Waals surface area contributed by atoms with Crippen molar-refractivity contribution in [3.05, 3.63) is 47.7 Å². The number of nitrogens with one attached hydrogen (secondary N) is 2. The first-order chi connectivity index (χ1) is 13.7. The van der Waals surface area contributed by atoms with Crippen molar-refractivity contribution in [1.29, 1.82) is 0 Å². The molecule has 1 fully saturated rings. The monoisotopic (exact) mass is 429 g/mol. The zero-order chi connectivity index (χ0) is 20.9. The molecule has 2 aromatic rings. The number of sulfonamides is 1. The molecule has 1 aliphatic rings. The molecule has 1 aliphatic heterocycles. The molecule has 3 rings (SSSR count). The zero-order valence-corrected chi connectivity index (χ0v) is 16.4. The van der Waals surface area contributed by atoms with Crippen LogP contribution in [0, 0.1) is 0 Å². The summed E-state index contributed by atoms with van der Waals surface area (Å²) in [7, 11) is -3.67. The first-order valence-corrected chi connectivity index (χ1v) is 10.8. The Morgan fingerprint density at radius 3 is 2.41 bits per heavy atom. The van der Waals surface area contributed by atoms with Crippen LogP contribution in [0.1, 0.15) is 24.0 Å². The quantitative estimate of drug-likeness (QED) is 0.628. The van der Waals surface area contributed by atoms with Crippen LogP contribution in [0.2, 0.25) is 0 Å². The second-order valence-electron chi connectivity index (χ2n) is 6.77. The molecule has 0 spiro atoms. The summed E-state index contributed by atoms with van der Waals surface area (Å²) in [5.74, 6) is 0.159. The van der Waals surface area contributed by atoms with Gasteiger partial charge in [-0.05, 0) is 30.5 Å². The number of aromatic nitrogens is 2. The van der Waals surface area contributed by atoms with Crippen LogP contribution in [-0.4, -0.2) is 44.8 Å². The maximum Gasteiger partial charge on any atom is 0.416 e. The predicted octanol–water partition coefficient (Wildman–Crippen LogP) is 2.63. The van der Waals surface area contributed by atoms with Crippen molar-refractivity contribution in [3.8, 4) is 0 Å². The topological polar surface area (TPSA) is 87.2 Å². The average molecular weight is 429 g/mol. The van der Waals surface area contributed by atoms with Crippen molar-refractivity contribution < 1.29 is 21.6 Å². The van der Waals surface area contributed by atoms with Crippen molar-refractivity contribution in [2.75, 3.05) is 36.4 Å². The van der Waals surface area contributed by atoms with E-state index in [1.165, 1.54) is 12.1 Å². The second kappa shape index (κ2) is 8.95. The molecule has 29 heavy (non-hydrogen) atoms. The zero-order valence-electron chi connectivity index (χ0n) is 15.6. The van der Waals surface area contributed by atoms with Gasteiger partial charge in [-0.25, -0.2) is 13.1 Å². The molecular weight excluding hydrogens is 407 g/mol. The number of rotatable bonds is 8. The van der Waals surface area contributed by atoms with E-state index in [0.29, 0.717) is 12.4 Å². The number of anilines is 2. The molecule has 0 radical (unpaired) electrons. The SMILES string of the molecule is O=S(=O)(Cc1ccc(C(F)(F)F)cc1)NCCNc1cc(N2CCCC2)cnn1. The van der Waals surface area contributed by atoms with Gasteiger partial charge >= 0.3 is 6.18 Å². The maximum atomic E-state index is 12.6. The number of hydrogen-bond acceptors (Lipinski definition) is 6. The minimum Gasteiger partial charge on any atom is -0.370 e. The van der Waals surface area contributed by atoms with Gasteiger partial charge in [-0.1, -0.05) is 12.1 Å². The molecule has 0 saturated carbocycles. The van der Waals surface area contributed by atoms with Crippen LogP contribution in [0.15, 0.2) is 36.5 Å². The van der Waals surface area contributed by atoms with E-state index in [9.17, 15) is 21.6 Å². The first-order valence-electron chi connectivity index (χ1n) is 9.18. The molecule has 158 valence electrons. The lowest BCUT2D eigenvalue weighted by molar-refractivity contribution is -0.137. The van der Waals surface area contributed by atoms with Crippen molar-refractivity contribution in [3.63, 3.8) is 0 Å². The molecule has 11 heteroatoms. The summed E-state index contributed by atoms with van der Waals surface area (Å²) >= 11 is 0. The van der Waals surface area contributed by atoms with E-state index in [1.807, 2.05) is 6.07 Å². The van der Waals surface area contributed by atoms with E-state index in [4.69, 9.17) is 0 Å². The molecule has 0 unspecified atom stereocenters. The van der Waals surface area contributed by atoms with E-state index < -0.39 is 27.5 Å². The summed E-state index contributed by atoms with van der Waals surface area (Å²) in [5, 5.41) is 11.0. The summed E-state index contributed by atoms with van der Waals surface area (Å²) in [6.07, 6.45) is -0.461. The Bertz CT molecular complexity index is 914. The van der Waals surface area contributed by atoms with Crippen molar-refractivity contribution in [2.45, 2.75) is 24.8 Å². The van der Waals surface area contributed by atoms with Crippen LogP contribution < -0.4 is 14.9 Å². The predicted molar refractivity (Wildman–Crippen MR) is 104 cm³/mol. The summed E-state index contributed by atoms with van der Waals surface area (Å²) in [6, 6.07) is 5.95. The highest BCUT2D eigenvalue weighted by Gasteiger charge is 2.30. The van der Waals surface area contributed by atoms with Crippen LogP contribution in [0.25, 0.3) is 0 Å². The van der Waals surface area contributed by atoms with Gasteiger partial charge in [0.15, 0.2) is 5.82 Å². The maximum absolute atomic E-state index is 12.6.